The van der Waals surface area contributed by atoms with Gasteiger partial charge in [0.1, 0.15) is 18.0 Å². The molecule has 3 rings (SSSR count). The summed E-state index contributed by atoms with van der Waals surface area (Å²) in [4.78, 5) is 30.4. The molecule has 0 saturated heterocycles. The Bertz CT molecular complexity index is 1210. The molecule has 0 aliphatic heterocycles. The predicted octanol–water partition coefficient (Wildman–Crippen LogP) is 5.08. The molecule has 2 aromatic carbocycles. The van der Waals surface area contributed by atoms with Crippen molar-refractivity contribution in [3.05, 3.63) is 83.4 Å². The summed E-state index contributed by atoms with van der Waals surface area (Å²) >= 11 is 1.51. The van der Waals surface area contributed by atoms with E-state index in [1.54, 1.807) is 13.0 Å². The number of halogens is 1. The molecule has 0 fully saturated rings. The zero-order chi connectivity index (χ0) is 26.2. The molecular weight excluding hydrogens is 483 g/mol. The van der Waals surface area contributed by atoms with Crippen LogP contribution in [0.25, 0.3) is 0 Å². The summed E-state index contributed by atoms with van der Waals surface area (Å²) in [7, 11) is 1.35. The first kappa shape index (κ1) is 27.0. The molecule has 0 bridgehead atoms. The van der Waals surface area contributed by atoms with Crippen molar-refractivity contribution in [1.82, 2.24) is 10.3 Å². The third kappa shape index (κ3) is 6.54. The number of carbonyl (C=O) groups excluding carboxylic acids is 2. The fraction of sp³-hybridized carbons (Fsp3) is 0.296. The lowest BCUT2D eigenvalue weighted by Crippen LogP contribution is -2.41. The number of thioether (sulfide) groups is 1. The van der Waals surface area contributed by atoms with Crippen molar-refractivity contribution >= 4 is 23.6 Å². The SMILES string of the molecule is CCc1cc(F)ccc1[C@@H](Sc1ccccc1)[C@H](C)OC(=O)[C@H](C)NC(=O)c1nccc(OC)c1O. The smallest absolute Gasteiger partial charge is 0.328 e. The molecule has 2 N–H and O–H groups in total. The van der Waals surface area contributed by atoms with Gasteiger partial charge in [0.05, 0.1) is 12.4 Å². The maximum atomic E-state index is 13.9. The van der Waals surface area contributed by atoms with Crippen LogP contribution in [0.4, 0.5) is 4.39 Å². The predicted molar refractivity (Wildman–Crippen MR) is 136 cm³/mol. The molecule has 36 heavy (non-hydrogen) atoms. The number of rotatable bonds is 10. The third-order valence-corrected chi connectivity index (χ3v) is 6.99. The number of pyridine rings is 1. The van der Waals surface area contributed by atoms with Gasteiger partial charge in [-0.05, 0) is 55.7 Å². The molecule has 1 amide bonds. The number of nitrogens with zero attached hydrogens (tertiary/aromatic N) is 1. The lowest BCUT2D eigenvalue weighted by atomic mass is 9.99. The highest BCUT2D eigenvalue weighted by Crippen LogP contribution is 2.40. The number of ether oxygens (including phenoxy) is 2. The van der Waals surface area contributed by atoms with Crippen molar-refractivity contribution in [2.75, 3.05) is 7.11 Å². The first-order chi connectivity index (χ1) is 17.2. The van der Waals surface area contributed by atoms with Crippen LogP contribution < -0.4 is 10.1 Å². The number of carbonyl (C=O) groups is 2. The van der Waals surface area contributed by atoms with Gasteiger partial charge in [-0.2, -0.15) is 0 Å². The Morgan fingerprint density at radius 1 is 1.14 bits per heavy atom. The van der Waals surface area contributed by atoms with Crippen LogP contribution in [0.2, 0.25) is 0 Å². The summed E-state index contributed by atoms with van der Waals surface area (Å²) in [5.41, 5.74) is 1.43. The molecule has 1 heterocycles. The molecule has 3 atom stereocenters. The number of aromatic hydroxyl groups is 1. The Hall–Kier alpha value is -3.59. The van der Waals surface area contributed by atoms with E-state index in [0.29, 0.717) is 6.42 Å². The van der Waals surface area contributed by atoms with Gasteiger partial charge in [-0.25, -0.2) is 14.2 Å². The van der Waals surface area contributed by atoms with E-state index >= 15 is 0 Å². The average molecular weight is 513 g/mol. The second-order valence-electron chi connectivity index (χ2n) is 8.10. The van der Waals surface area contributed by atoms with Gasteiger partial charge in [-0.3, -0.25) is 4.79 Å². The lowest BCUT2D eigenvalue weighted by molar-refractivity contribution is -0.150. The molecule has 190 valence electrons. The van der Waals surface area contributed by atoms with E-state index in [1.165, 1.54) is 50.2 Å². The summed E-state index contributed by atoms with van der Waals surface area (Å²) in [6.07, 6.45) is 1.32. The number of hydrogen-bond acceptors (Lipinski definition) is 7. The monoisotopic (exact) mass is 512 g/mol. The Morgan fingerprint density at radius 3 is 2.53 bits per heavy atom. The van der Waals surface area contributed by atoms with Gasteiger partial charge >= 0.3 is 5.97 Å². The fourth-order valence-electron chi connectivity index (χ4n) is 3.65. The second-order valence-corrected chi connectivity index (χ2v) is 9.31. The Morgan fingerprint density at radius 2 is 1.86 bits per heavy atom. The summed E-state index contributed by atoms with van der Waals surface area (Å²) < 4.78 is 24.7. The molecule has 0 spiro atoms. The summed E-state index contributed by atoms with van der Waals surface area (Å²) in [6.45, 7) is 5.20. The molecule has 7 nitrogen and oxygen atoms in total. The van der Waals surface area contributed by atoms with Crippen molar-refractivity contribution in [2.45, 2.75) is 49.5 Å². The van der Waals surface area contributed by atoms with E-state index in [-0.39, 0.29) is 22.5 Å². The number of methoxy groups -OCH3 is 1. The van der Waals surface area contributed by atoms with Crippen molar-refractivity contribution in [3.63, 3.8) is 0 Å². The molecule has 1 aromatic heterocycles. The number of aryl methyl sites for hydroxylation is 1. The van der Waals surface area contributed by atoms with Crippen LogP contribution in [-0.4, -0.2) is 41.2 Å². The highest BCUT2D eigenvalue weighted by Gasteiger charge is 2.29. The minimum atomic E-state index is -1.02. The topological polar surface area (TPSA) is 97.8 Å². The maximum Gasteiger partial charge on any atom is 0.328 e. The van der Waals surface area contributed by atoms with E-state index in [1.807, 2.05) is 37.3 Å². The molecule has 0 aliphatic carbocycles. The van der Waals surface area contributed by atoms with E-state index in [2.05, 4.69) is 10.3 Å². The van der Waals surface area contributed by atoms with Crippen molar-refractivity contribution < 1.29 is 28.6 Å². The van der Waals surface area contributed by atoms with Crippen LogP contribution in [0.15, 0.2) is 65.7 Å². The Balaban J connectivity index is 1.78. The van der Waals surface area contributed by atoms with Crippen LogP contribution in [0.1, 0.15) is 47.6 Å². The normalized spacial score (nSPS) is 13.4. The Kier molecular flexibility index (Phi) is 9.30. The molecule has 9 heteroatoms. The zero-order valence-corrected chi connectivity index (χ0v) is 21.3. The number of amides is 1. The van der Waals surface area contributed by atoms with E-state index in [9.17, 15) is 19.1 Å². The minimum absolute atomic E-state index is 0.0887. The van der Waals surface area contributed by atoms with E-state index in [0.717, 1.165) is 16.0 Å². The van der Waals surface area contributed by atoms with Gasteiger partial charge in [0.25, 0.3) is 5.91 Å². The molecule has 0 radical (unpaired) electrons. The van der Waals surface area contributed by atoms with Gasteiger partial charge in [0.15, 0.2) is 17.2 Å². The van der Waals surface area contributed by atoms with Crippen LogP contribution in [0.3, 0.4) is 0 Å². The van der Waals surface area contributed by atoms with Gasteiger partial charge in [0.2, 0.25) is 0 Å². The first-order valence-electron chi connectivity index (χ1n) is 11.5. The molecule has 0 unspecified atom stereocenters. The second kappa shape index (κ2) is 12.4. The standard InChI is InChI=1S/C27H29FN2O5S/c1-5-18-15-19(28)11-12-21(18)25(36-20-9-7-6-8-10-20)17(3)35-27(33)16(2)30-26(32)23-24(31)22(34-4)13-14-29-23/h6-17,25,31H,5H2,1-4H3,(H,30,32)/t16-,17-,25-/m0/s1. The molecule has 0 saturated carbocycles. The van der Waals surface area contributed by atoms with Gasteiger partial charge in [0, 0.05) is 17.2 Å². The van der Waals surface area contributed by atoms with E-state index in [4.69, 9.17) is 9.47 Å². The lowest BCUT2D eigenvalue weighted by Gasteiger charge is -2.27. The number of hydrogen-bond donors (Lipinski definition) is 2. The van der Waals surface area contributed by atoms with Crippen molar-refractivity contribution in [1.29, 1.82) is 0 Å². The summed E-state index contributed by atoms with van der Waals surface area (Å²) in [6, 6.07) is 14.7. The van der Waals surface area contributed by atoms with Gasteiger partial charge < -0.3 is 19.9 Å². The van der Waals surface area contributed by atoms with Gasteiger partial charge in [-0.15, -0.1) is 11.8 Å². The maximum absolute atomic E-state index is 13.9. The highest BCUT2D eigenvalue weighted by atomic mass is 32.2. The highest BCUT2D eigenvalue weighted by molar-refractivity contribution is 7.99. The summed E-state index contributed by atoms with van der Waals surface area (Å²) in [5, 5.41) is 12.4. The number of aromatic nitrogens is 1. The van der Waals surface area contributed by atoms with Crippen molar-refractivity contribution in [3.8, 4) is 11.5 Å². The largest absolute Gasteiger partial charge is 0.503 e. The van der Waals surface area contributed by atoms with Crippen LogP contribution in [-0.2, 0) is 16.0 Å². The number of nitrogens with one attached hydrogen (secondary N) is 1. The zero-order valence-electron chi connectivity index (χ0n) is 20.5. The Labute approximate surface area is 214 Å². The molecule has 0 aliphatic rings. The van der Waals surface area contributed by atoms with Crippen LogP contribution in [0, 0.1) is 5.82 Å². The quantitative estimate of drug-likeness (QED) is 0.289. The minimum Gasteiger partial charge on any atom is -0.503 e. The molecule has 3 aromatic rings. The molecular formula is C27H29FN2O5S. The van der Waals surface area contributed by atoms with Crippen LogP contribution in [0.5, 0.6) is 11.5 Å². The fourth-order valence-corrected chi connectivity index (χ4v) is 4.87. The average Bonchev–Trinajstić information content (AvgIpc) is 2.87. The first-order valence-corrected chi connectivity index (χ1v) is 12.4. The van der Waals surface area contributed by atoms with E-state index < -0.39 is 29.8 Å². The summed E-state index contributed by atoms with van der Waals surface area (Å²) in [5.74, 6) is -2.06. The third-order valence-electron chi connectivity index (χ3n) is 5.55. The van der Waals surface area contributed by atoms with Crippen molar-refractivity contribution in [2.24, 2.45) is 0 Å². The van der Waals surface area contributed by atoms with Crippen LogP contribution >= 0.6 is 11.8 Å². The van der Waals surface area contributed by atoms with Gasteiger partial charge in [-0.1, -0.05) is 31.2 Å². The number of esters is 1. The number of benzene rings is 2.